The summed E-state index contributed by atoms with van der Waals surface area (Å²) < 4.78 is 1.85. The van der Waals surface area contributed by atoms with Gasteiger partial charge in [-0.15, -0.1) is 0 Å². The molecule has 0 amide bonds. The Hall–Kier alpha value is -1.91. The molecule has 1 atom stereocenters. The Bertz CT molecular complexity index is 492. The summed E-state index contributed by atoms with van der Waals surface area (Å²) >= 11 is 0. The van der Waals surface area contributed by atoms with Crippen LogP contribution in [0.4, 0.5) is 0 Å². The zero-order chi connectivity index (χ0) is 10.8. The van der Waals surface area contributed by atoms with Crippen LogP contribution in [-0.2, 0) is 11.2 Å². The second-order valence-electron chi connectivity index (χ2n) is 3.50. The number of nitrogens with zero attached hydrogens (tertiary/aromatic N) is 3. The molecule has 0 spiro atoms. The quantitative estimate of drug-likeness (QED) is 0.811. The highest BCUT2D eigenvalue weighted by Gasteiger charge is 2.14. The number of carboxylic acid groups (broad SMARTS) is 1. The largest absolute Gasteiger partial charge is 0.481 e. The lowest BCUT2D eigenvalue weighted by Gasteiger charge is -2.04. The van der Waals surface area contributed by atoms with Crippen LogP contribution in [0.5, 0.6) is 0 Å². The molecular weight excluding hydrogens is 194 g/mol. The third-order valence-corrected chi connectivity index (χ3v) is 2.33. The first-order chi connectivity index (χ1) is 7.18. The van der Waals surface area contributed by atoms with Crippen LogP contribution in [0.3, 0.4) is 0 Å². The Morgan fingerprint density at radius 3 is 3.13 bits per heavy atom. The minimum absolute atomic E-state index is 0.405. The van der Waals surface area contributed by atoms with Crippen molar-refractivity contribution in [3.63, 3.8) is 0 Å². The summed E-state index contributed by atoms with van der Waals surface area (Å²) in [5.41, 5.74) is 1.63. The predicted octanol–water partition coefficient (Wildman–Crippen LogP) is 0.992. The van der Waals surface area contributed by atoms with E-state index in [-0.39, 0.29) is 0 Å². The summed E-state index contributed by atoms with van der Waals surface area (Å²) in [6.45, 7) is 1.68. The monoisotopic (exact) mass is 205 g/mol. The normalized spacial score (nSPS) is 12.9. The van der Waals surface area contributed by atoms with E-state index in [4.69, 9.17) is 5.11 Å². The Balaban J connectivity index is 2.32. The molecule has 0 aliphatic rings. The molecule has 0 saturated carbocycles. The topological polar surface area (TPSA) is 67.5 Å². The fourth-order valence-corrected chi connectivity index (χ4v) is 1.45. The van der Waals surface area contributed by atoms with Gasteiger partial charge in [-0.25, -0.2) is 4.98 Å². The first kappa shape index (κ1) is 9.64. The molecule has 5 nitrogen and oxygen atoms in total. The van der Waals surface area contributed by atoms with E-state index in [2.05, 4.69) is 9.97 Å². The molecule has 2 aromatic rings. The number of hydrogen-bond acceptors (Lipinski definition) is 3. The lowest BCUT2D eigenvalue weighted by atomic mass is 10.1. The number of imidazole rings is 1. The van der Waals surface area contributed by atoms with Crippen molar-refractivity contribution in [3.05, 3.63) is 30.5 Å². The van der Waals surface area contributed by atoms with Crippen LogP contribution in [0.15, 0.2) is 24.8 Å². The highest BCUT2D eigenvalue weighted by Crippen LogP contribution is 2.10. The third kappa shape index (κ3) is 1.81. The standard InChI is InChI=1S/C10H11N3O2/c1-7(10(14)15)4-8-5-12-9-6-11-2-3-13(8)9/h2-3,5-7H,4H2,1H3,(H,14,15). The molecule has 1 unspecified atom stereocenters. The van der Waals surface area contributed by atoms with E-state index >= 15 is 0 Å². The van der Waals surface area contributed by atoms with Crippen LogP contribution in [0.25, 0.3) is 5.65 Å². The molecule has 0 radical (unpaired) electrons. The lowest BCUT2D eigenvalue weighted by molar-refractivity contribution is -0.141. The predicted molar refractivity (Wildman–Crippen MR) is 53.5 cm³/mol. The molecule has 0 aliphatic carbocycles. The first-order valence-corrected chi connectivity index (χ1v) is 4.67. The van der Waals surface area contributed by atoms with Gasteiger partial charge < -0.3 is 9.51 Å². The molecule has 78 valence electrons. The van der Waals surface area contributed by atoms with Crippen molar-refractivity contribution in [2.24, 2.45) is 5.92 Å². The number of hydrogen-bond donors (Lipinski definition) is 1. The molecule has 2 rings (SSSR count). The summed E-state index contributed by atoms with van der Waals surface area (Å²) in [5, 5.41) is 8.81. The summed E-state index contributed by atoms with van der Waals surface area (Å²) in [5.74, 6) is -1.20. The molecule has 1 N–H and O–H groups in total. The highest BCUT2D eigenvalue weighted by molar-refractivity contribution is 5.69. The minimum Gasteiger partial charge on any atom is -0.481 e. The van der Waals surface area contributed by atoms with E-state index in [0.29, 0.717) is 6.42 Å². The lowest BCUT2D eigenvalue weighted by Crippen LogP contribution is -2.13. The van der Waals surface area contributed by atoms with Crippen LogP contribution in [0.1, 0.15) is 12.6 Å². The average molecular weight is 205 g/mol. The van der Waals surface area contributed by atoms with E-state index in [9.17, 15) is 4.79 Å². The minimum atomic E-state index is -0.793. The van der Waals surface area contributed by atoms with Crippen molar-refractivity contribution >= 4 is 11.6 Å². The van der Waals surface area contributed by atoms with Crippen molar-refractivity contribution in [1.29, 1.82) is 0 Å². The van der Waals surface area contributed by atoms with Crippen LogP contribution < -0.4 is 0 Å². The third-order valence-electron chi connectivity index (χ3n) is 2.33. The van der Waals surface area contributed by atoms with Crippen molar-refractivity contribution in [3.8, 4) is 0 Å². The molecule has 2 heterocycles. The van der Waals surface area contributed by atoms with Crippen LogP contribution in [0.2, 0.25) is 0 Å². The zero-order valence-electron chi connectivity index (χ0n) is 8.29. The Morgan fingerprint density at radius 2 is 2.40 bits per heavy atom. The molecule has 0 aromatic carbocycles. The van der Waals surface area contributed by atoms with Gasteiger partial charge in [0.05, 0.1) is 12.1 Å². The van der Waals surface area contributed by atoms with E-state index in [1.165, 1.54) is 0 Å². The average Bonchev–Trinajstić information content (AvgIpc) is 2.62. The molecular formula is C10H11N3O2. The van der Waals surface area contributed by atoms with Crippen molar-refractivity contribution in [1.82, 2.24) is 14.4 Å². The zero-order valence-corrected chi connectivity index (χ0v) is 8.29. The SMILES string of the molecule is CC(Cc1cnc2cnccn12)C(=O)O. The van der Waals surface area contributed by atoms with Crippen LogP contribution in [-0.4, -0.2) is 25.4 Å². The van der Waals surface area contributed by atoms with Gasteiger partial charge >= 0.3 is 5.97 Å². The smallest absolute Gasteiger partial charge is 0.306 e. The molecule has 0 bridgehead atoms. The summed E-state index contributed by atoms with van der Waals surface area (Å²) in [6.07, 6.45) is 7.25. The molecule has 0 saturated heterocycles. The Labute approximate surface area is 86.4 Å². The van der Waals surface area contributed by atoms with Crippen molar-refractivity contribution in [2.45, 2.75) is 13.3 Å². The van der Waals surface area contributed by atoms with E-state index in [1.54, 1.807) is 31.7 Å². The maximum Gasteiger partial charge on any atom is 0.306 e. The first-order valence-electron chi connectivity index (χ1n) is 4.67. The van der Waals surface area contributed by atoms with Crippen molar-refractivity contribution in [2.75, 3.05) is 0 Å². The van der Waals surface area contributed by atoms with Gasteiger partial charge in [-0.2, -0.15) is 0 Å². The van der Waals surface area contributed by atoms with Gasteiger partial charge in [0, 0.05) is 30.7 Å². The van der Waals surface area contributed by atoms with Gasteiger partial charge in [0.2, 0.25) is 0 Å². The van der Waals surface area contributed by atoms with Crippen LogP contribution >= 0.6 is 0 Å². The molecule has 0 aliphatic heterocycles. The van der Waals surface area contributed by atoms with E-state index in [1.807, 2.05) is 4.40 Å². The molecule has 15 heavy (non-hydrogen) atoms. The number of rotatable bonds is 3. The number of aromatic nitrogens is 3. The summed E-state index contributed by atoms with van der Waals surface area (Å²) in [4.78, 5) is 18.8. The highest BCUT2D eigenvalue weighted by atomic mass is 16.4. The maximum absolute atomic E-state index is 10.7. The Kier molecular flexibility index (Phi) is 2.37. The fourth-order valence-electron chi connectivity index (χ4n) is 1.45. The molecule has 0 fully saturated rings. The number of aliphatic carboxylic acids is 1. The van der Waals surface area contributed by atoms with Crippen molar-refractivity contribution < 1.29 is 9.90 Å². The van der Waals surface area contributed by atoms with E-state index < -0.39 is 11.9 Å². The molecule has 2 aromatic heterocycles. The maximum atomic E-state index is 10.7. The molecule has 5 heteroatoms. The van der Waals surface area contributed by atoms with Gasteiger partial charge in [-0.3, -0.25) is 9.78 Å². The van der Waals surface area contributed by atoms with Gasteiger partial charge in [0.15, 0.2) is 5.65 Å². The van der Waals surface area contributed by atoms with Crippen LogP contribution in [0, 0.1) is 5.92 Å². The fraction of sp³-hybridized carbons (Fsp3) is 0.300. The number of fused-ring (bicyclic) bond motifs is 1. The second-order valence-corrected chi connectivity index (χ2v) is 3.50. The Morgan fingerprint density at radius 1 is 1.60 bits per heavy atom. The van der Waals surface area contributed by atoms with Gasteiger partial charge in [-0.05, 0) is 0 Å². The van der Waals surface area contributed by atoms with E-state index in [0.717, 1.165) is 11.3 Å². The number of carbonyl (C=O) groups is 1. The summed E-state index contributed by atoms with van der Waals surface area (Å²) in [7, 11) is 0. The number of carboxylic acids is 1. The summed E-state index contributed by atoms with van der Waals surface area (Å²) in [6, 6.07) is 0. The van der Waals surface area contributed by atoms with Gasteiger partial charge in [0.25, 0.3) is 0 Å². The second kappa shape index (κ2) is 3.68. The van der Waals surface area contributed by atoms with Gasteiger partial charge in [0.1, 0.15) is 0 Å². The van der Waals surface area contributed by atoms with Gasteiger partial charge in [-0.1, -0.05) is 6.92 Å².